The number of hydrogen-bond donors (Lipinski definition) is 2. The molecule has 0 spiro atoms. The summed E-state index contributed by atoms with van der Waals surface area (Å²) < 4.78 is 13.9. The van der Waals surface area contributed by atoms with Crippen molar-refractivity contribution in [3.63, 3.8) is 0 Å². The zero-order chi connectivity index (χ0) is 57.2. The highest BCUT2D eigenvalue weighted by Crippen LogP contribution is 2.78. The van der Waals surface area contributed by atoms with E-state index in [4.69, 9.17) is 9.47 Å². The number of ether oxygens (including phenoxy) is 2. The normalized spacial score (nSPS) is 47.9. The maximum absolute atomic E-state index is 15.8. The molecule has 0 heterocycles. The Morgan fingerprint density at radius 3 is 1.31 bits per heavy atom. The highest BCUT2D eigenvalue weighted by Gasteiger charge is 2.72. The Morgan fingerprint density at radius 2 is 0.887 bits per heavy atom. The van der Waals surface area contributed by atoms with Crippen molar-refractivity contribution >= 4 is 24.1 Å². The second-order valence-electron chi connectivity index (χ2n) is 32.6. The van der Waals surface area contributed by atoms with E-state index in [0.717, 1.165) is 127 Å². The van der Waals surface area contributed by atoms with Gasteiger partial charge in [0.25, 0.3) is 0 Å². The van der Waals surface area contributed by atoms with Crippen LogP contribution in [0.1, 0.15) is 224 Å². The van der Waals surface area contributed by atoms with Crippen LogP contribution < -0.4 is 9.47 Å². The first-order valence-electron chi connectivity index (χ1n) is 32.7. The molecule has 2 aromatic carbocycles. The molecule has 20 atom stereocenters. The van der Waals surface area contributed by atoms with Crippen molar-refractivity contribution in [3.05, 3.63) is 83.0 Å². The van der Waals surface area contributed by atoms with E-state index < -0.39 is 10.8 Å². The van der Waals surface area contributed by atoms with Crippen LogP contribution in [-0.4, -0.2) is 34.4 Å². The van der Waals surface area contributed by atoms with Crippen molar-refractivity contribution in [1.82, 2.24) is 0 Å². The molecule has 6 heteroatoms. The Labute approximate surface area is 483 Å². The SMILES string of the molecule is C[C@@H]1CC[C@]2(C(=O)Oc3cc(/C=C/c4ccccc4)cc(OC(=O)[C@]45CC[C@@H](C)[C@H](C)C4C4=CCC6[C@@]7(C)CC[C@H](O)C(C)(C)C7CC[C@@]6(C)[C@]4(C)CC5)c3)CC[C@]3(C)C(=CCC4[C@@]5(C)CC[C@H](O)C(C)(C)C5CC[C@]43C)C2[C@H]1C. The summed E-state index contributed by atoms with van der Waals surface area (Å²) in [5, 5.41) is 22.7. The first-order chi connectivity index (χ1) is 37.6. The topological polar surface area (TPSA) is 93.1 Å². The molecule has 10 aliphatic carbocycles. The van der Waals surface area contributed by atoms with Crippen LogP contribution in [0.2, 0.25) is 0 Å². The van der Waals surface area contributed by atoms with E-state index in [1.165, 1.54) is 11.1 Å². The maximum atomic E-state index is 15.8. The molecule has 8 fully saturated rings. The molecule has 6 nitrogen and oxygen atoms in total. The van der Waals surface area contributed by atoms with Gasteiger partial charge in [-0.1, -0.05) is 163 Å². The minimum absolute atomic E-state index is 0.0442. The van der Waals surface area contributed by atoms with Gasteiger partial charge in [0, 0.05) is 6.07 Å². The average Bonchev–Trinajstić information content (AvgIpc) is 2.31. The van der Waals surface area contributed by atoms with Crippen molar-refractivity contribution in [2.24, 2.45) is 113 Å². The molecule has 12 rings (SSSR count). The molecular weight excluding hydrogens is 985 g/mol. The van der Waals surface area contributed by atoms with E-state index in [9.17, 15) is 10.2 Å². The van der Waals surface area contributed by atoms with E-state index in [1.807, 2.05) is 36.4 Å². The molecule has 0 saturated heterocycles. The standard InChI is InChI=1S/C74H104O6/c1-45-26-36-73(40-38-69(11)53(61(73)47(45)3)22-24-57-67(9)32-30-59(75)65(5,6)55(67)28-34-71(57,69)13)63(77)79-51-42-50(21-20-49-18-16-15-17-19-49)43-52(44-51)80-64(78)74-37-27-46(2)48(4)62(74)54-23-25-58-68(10)33-31-60(76)66(7,8)56(68)29-35-72(58,14)70(54,12)39-41-74/h15-23,42-48,55-62,75-76H,24-41H2,1-14H3/b21-20+/t45-,46-,47+,48+,55?,56?,57?,58?,59+,60+,61?,62?,67+,68+,69-,70-,71-,72-,73+,74+/m1/s1. The maximum Gasteiger partial charge on any atom is 0.318 e. The summed E-state index contributed by atoms with van der Waals surface area (Å²) in [6.07, 6.45) is 26.7. The number of fused-ring (bicyclic) bond motifs is 14. The molecule has 8 saturated carbocycles. The Morgan fingerprint density at radius 1 is 0.475 bits per heavy atom. The number of esters is 2. The number of aliphatic hydroxyl groups excluding tert-OH is 2. The average molecular weight is 1090 g/mol. The van der Waals surface area contributed by atoms with Gasteiger partial charge in [-0.2, -0.15) is 0 Å². The number of carbonyl (C=O) groups excluding carboxylic acids is 2. The lowest BCUT2D eigenvalue weighted by Crippen LogP contribution is -2.65. The van der Waals surface area contributed by atoms with Gasteiger partial charge in [-0.05, 0) is 241 Å². The first kappa shape index (κ1) is 57.0. The van der Waals surface area contributed by atoms with Gasteiger partial charge in [0.15, 0.2) is 0 Å². The summed E-state index contributed by atoms with van der Waals surface area (Å²) in [5.74, 6) is 4.45. The second kappa shape index (κ2) is 19.0. The molecule has 6 unspecified atom stereocenters. The molecule has 10 aliphatic rings. The van der Waals surface area contributed by atoms with Crippen molar-refractivity contribution in [2.75, 3.05) is 0 Å². The third-order valence-corrected chi connectivity index (χ3v) is 29.3. The summed E-state index contributed by atoms with van der Waals surface area (Å²) in [6.45, 7) is 34.6. The molecule has 0 bridgehead atoms. The lowest BCUT2D eigenvalue weighted by molar-refractivity contribution is -0.206. The van der Waals surface area contributed by atoms with E-state index >= 15 is 9.59 Å². The summed E-state index contributed by atoms with van der Waals surface area (Å²) >= 11 is 0. The van der Waals surface area contributed by atoms with Crippen LogP contribution >= 0.6 is 0 Å². The third-order valence-electron chi connectivity index (χ3n) is 29.3. The first-order valence-corrected chi connectivity index (χ1v) is 32.7. The van der Waals surface area contributed by atoms with Crippen LogP contribution in [-0.2, 0) is 9.59 Å². The predicted molar refractivity (Wildman–Crippen MR) is 323 cm³/mol. The van der Waals surface area contributed by atoms with E-state index in [2.05, 4.69) is 133 Å². The van der Waals surface area contributed by atoms with Crippen LogP contribution in [0.25, 0.3) is 12.2 Å². The molecule has 2 N–H and O–H groups in total. The monoisotopic (exact) mass is 1090 g/mol. The van der Waals surface area contributed by atoms with Crippen LogP contribution in [0, 0.1) is 113 Å². The van der Waals surface area contributed by atoms with Crippen molar-refractivity contribution in [3.8, 4) is 11.5 Å². The van der Waals surface area contributed by atoms with Crippen LogP contribution in [0.3, 0.4) is 0 Å². The molecule has 436 valence electrons. The Balaban J connectivity index is 0.871. The van der Waals surface area contributed by atoms with Gasteiger partial charge < -0.3 is 19.7 Å². The number of allylic oxidation sites excluding steroid dienone is 4. The number of aliphatic hydroxyl groups is 2. The van der Waals surface area contributed by atoms with Gasteiger partial charge in [0.05, 0.1) is 23.0 Å². The number of carbonyl (C=O) groups is 2. The summed E-state index contributed by atoms with van der Waals surface area (Å²) in [5.41, 5.74) is 3.81. The van der Waals surface area contributed by atoms with Gasteiger partial charge in [-0.3, -0.25) is 9.59 Å². The third kappa shape index (κ3) is 7.78. The van der Waals surface area contributed by atoms with Gasteiger partial charge in [0.1, 0.15) is 11.5 Å². The summed E-state index contributed by atoms with van der Waals surface area (Å²) in [4.78, 5) is 31.6. The molecule has 80 heavy (non-hydrogen) atoms. The quantitative estimate of drug-likeness (QED) is 0.130. The van der Waals surface area contributed by atoms with Gasteiger partial charge in [-0.15, -0.1) is 0 Å². The van der Waals surface area contributed by atoms with Crippen LogP contribution in [0.5, 0.6) is 11.5 Å². The summed E-state index contributed by atoms with van der Waals surface area (Å²) in [6, 6.07) is 16.1. The fraction of sp³-hybridized carbons (Fsp3) is 0.730. The molecule has 0 aliphatic heterocycles. The second-order valence-corrected chi connectivity index (χ2v) is 32.6. The van der Waals surface area contributed by atoms with Gasteiger partial charge in [-0.25, -0.2) is 0 Å². The molecule has 0 radical (unpaired) electrons. The van der Waals surface area contributed by atoms with Crippen molar-refractivity contribution < 1.29 is 29.3 Å². The Hall–Kier alpha value is -3.48. The Bertz CT molecular complexity index is 2710. The predicted octanol–water partition coefficient (Wildman–Crippen LogP) is 17.7. The molecule has 0 aromatic heterocycles. The van der Waals surface area contributed by atoms with E-state index in [0.29, 0.717) is 58.8 Å². The smallest absolute Gasteiger partial charge is 0.318 e. The molecule has 0 amide bonds. The number of rotatable bonds is 6. The number of hydrogen-bond acceptors (Lipinski definition) is 6. The molecular formula is C74H104O6. The van der Waals surface area contributed by atoms with Gasteiger partial charge in [0.2, 0.25) is 0 Å². The molecule has 2 aromatic rings. The highest BCUT2D eigenvalue weighted by atomic mass is 16.5. The zero-order valence-corrected chi connectivity index (χ0v) is 52.1. The minimum atomic E-state index is -0.657. The van der Waals surface area contributed by atoms with Gasteiger partial charge >= 0.3 is 11.9 Å². The lowest BCUT2D eigenvalue weighted by atomic mass is 9.33. The zero-order valence-electron chi connectivity index (χ0n) is 52.1. The fourth-order valence-corrected chi connectivity index (χ4v) is 23.6. The lowest BCUT2D eigenvalue weighted by Gasteiger charge is -2.71. The summed E-state index contributed by atoms with van der Waals surface area (Å²) in [7, 11) is 0. The van der Waals surface area contributed by atoms with E-state index in [-0.39, 0.29) is 79.3 Å². The van der Waals surface area contributed by atoms with E-state index in [1.54, 1.807) is 0 Å². The van der Waals surface area contributed by atoms with Crippen LogP contribution in [0.4, 0.5) is 0 Å². The minimum Gasteiger partial charge on any atom is -0.426 e. The number of benzene rings is 2. The largest absolute Gasteiger partial charge is 0.426 e. The highest BCUT2D eigenvalue weighted by molar-refractivity contribution is 5.83. The van der Waals surface area contributed by atoms with Crippen LogP contribution in [0.15, 0.2) is 71.8 Å². The Kier molecular flexibility index (Phi) is 13.5. The fourth-order valence-electron chi connectivity index (χ4n) is 23.6. The van der Waals surface area contributed by atoms with Crippen molar-refractivity contribution in [1.29, 1.82) is 0 Å². The van der Waals surface area contributed by atoms with Crippen molar-refractivity contribution in [2.45, 2.75) is 225 Å².